The van der Waals surface area contributed by atoms with E-state index in [1.54, 1.807) is 17.1 Å². The van der Waals surface area contributed by atoms with Crippen LogP contribution >= 0.6 is 0 Å². The Balaban J connectivity index is 1.37. The highest BCUT2D eigenvalue weighted by atomic mass is 32.2. The molecule has 0 saturated heterocycles. The van der Waals surface area contributed by atoms with Crippen molar-refractivity contribution >= 4 is 28.2 Å². The molecular weight excluding hydrogens is 486 g/mol. The fraction of sp³-hybridized carbons (Fsp3) is 0.407. The van der Waals surface area contributed by atoms with Gasteiger partial charge in [-0.2, -0.15) is 0 Å². The van der Waals surface area contributed by atoms with Crippen molar-refractivity contribution in [1.82, 2.24) is 29.5 Å². The number of aromatic nitrogens is 6. The van der Waals surface area contributed by atoms with Crippen LogP contribution < -0.4 is 10.9 Å². The number of benzene rings is 1. The van der Waals surface area contributed by atoms with E-state index < -0.39 is 11.2 Å². The molecule has 10 heteroatoms. The van der Waals surface area contributed by atoms with Gasteiger partial charge < -0.3 is 9.87 Å². The first-order valence-corrected chi connectivity index (χ1v) is 14.2. The van der Waals surface area contributed by atoms with Gasteiger partial charge in [0.15, 0.2) is 22.2 Å². The molecule has 9 nitrogen and oxygen atoms in total. The smallest absolute Gasteiger partial charge is 0.295 e. The van der Waals surface area contributed by atoms with E-state index >= 15 is 0 Å². The van der Waals surface area contributed by atoms with Crippen molar-refractivity contribution in [2.24, 2.45) is 0 Å². The number of fused-ring (bicyclic) bond motifs is 1. The van der Waals surface area contributed by atoms with E-state index in [1.165, 1.54) is 0 Å². The summed E-state index contributed by atoms with van der Waals surface area (Å²) in [4.78, 5) is 37.5. The van der Waals surface area contributed by atoms with Gasteiger partial charge in [-0.05, 0) is 74.8 Å². The highest BCUT2D eigenvalue weighted by Gasteiger charge is 2.31. The average Bonchev–Trinajstić information content (AvgIpc) is 3.73. The third-order valence-electron chi connectivity index (χ3n) is 7.23. The predicted octanol–water partition coefficient (Wildman–Crippen LogP) is 4.29. The number of nitrogens with one attached hydrogen (secondary N) is 1. The predicted molar refractivity (Wildman–Crippen MR) is 143 cm³/mol. The molecule has 190 valence electrons. The first-order chi connectivity index (χ1) is 18.0. The zero-order valence-electron chi connectivity index (χ0n) is 21.0. The molecule has 0 spiro atoms. The van der Waals surface area contributed by atoms with Crippen LogP contribution in [0.5, 0.6) is 0 Å². The maximum atomic E-state index is 13.6. The number of hydrogen-bond donors (Lipinski definition) is 1. The van der Waals surface area contributed by atoms with Crippen LogP contribution in [0.4, 0.5) is 5.82 Å². The summed E-state index contributed by atoms with van der Waals surface area (Å²) >= 11 is -0.987. The molecule has 2 aliphatic rings. The third kappa shape index (κ3) is 4.59. The summed E-state index contributed by atoms with van der Waals surface area (Å²) in [6.45, 7) is 4.28. The maximum absolute atomic E-state index is 13.6. The molecule has 0 radical (unpaired) electrons. The van der Waals surface area contributed by atoms with Gasteiger partial charge in [0.25, 0.3) is 5.56 Å². The molecule has 3 aromatic heterocycles. The van der Waals surface area contributed by atoms with Gasteiger partial charge >= 0.3 is 0 Å². The number of aryl methyl sites for hydroxylation is 1. The molecular formula is C27H29N7O2S. The maximum Gasteiger partial charge on any atom is 0.295 e. The van der Waals surface area contributed by atoms with E-state index in [1.807, 2.05) is 38.1 Å². The van der Waals surface area contributed by atoms with Crippen LogP contribution in [0.25, 0.3) is 22.6 Å². The molecule has 37 heavy (non-hydrogen) atoms. The lowest BCUT2D eigenvalue weighted by molar-refractivity contribution is 0.313. The van der Waals surface area contributed by atoms with E-state index in [0.29, 0.717) is 35.2 Å². The molecule has 1 unspecified atom stereocenters. The highest BCUT2D eigenvalue weighted by molar-refractivity contribution is 7.91. The van der Waals surface area contributed by atoms with Crippen molar-refractivity contribution in [3.63, 3.8) is 0 Å². The van der Waals surface area contributed by atoms with Gasteiger partial charge in [-0.15, -0.1) is 0 Å². The molecule has 0 amide bonds. The van der Waals surface area contributed by atoms with E-state index in [-0.39, 0.29) is 17.4 Å². The number of nitrogens with zero attached hydrogens (tertiary/aromatic N) is 6. The average molecular weight is 516 g/mol. The first kappa shape index (κ1) is 24.0. The van der Waals surface area contributed by atoms with Gasteiger partial charge in [-0.1, -0.05) is 12.1 Å². The van der Waals surface area contributed by atoms with Crippen LogP contribution in [0, 0.1) is 6.92 Å². The molecule has 1 N–H and O–H groups in total. The Morgan fingerprint density at radius 3 is 2.54 bits per heavy atom. The molecule has 3 heterocycles. The summed E-state index contributed by atoms with van der Waals surface area (Å²) in [6.07, 6.45) is 8.50. The second-order valence-electron chi connectivity index (χ2n) is 9.75. The fourth-order valence-corrected chi connectivity index (χ4v) is 5.54. The van der Waals surface area contributed by atoms with E-state index in [2.05, 4.69) is 25.3 Å². The zero-order chi connectivity index (χ0) is 25.5. The topological polar surface area (TPSA) is 122 Å². The lowest BCUT2D eigenvalue weighted by Crippen LogP contribution is -2.32. The SMILES string of the molecule is CC[S+]([O-])c1ccc(CNc2nc3cnc(-c4c(C)ncnc4C4CC4)nc3n(C3CCC3)c2=O)cc1. The van der Waals surface area contributed by atoms with Crippen molar-refractivity contribution in [3.8, 4) is 11.4 Å². The molecule has 0 bridgehead atoms. The Morgan fingerprint density at radius 1 is 1.08 bits per heavy atom. The Kier molecular flexibility index (Phi) is 6.37. The Labute approximate surface area is 218 Å². The van der Waals surface area contributed by atoms with Gasteiger partial charge in [-0.25, -0.2) is 24.9 Å². The van der Waals surface area contributed by atoms with Crippen LogP contribution in [0.1, 0.15) is 67.9 Å². The van der Waals surface area contributed by atoms with E-state index in [4.69, 9.17) is 4.98 Å². The minimum absolute atomic E-state index is 0.0978. The van der Waals surface area contributed by atoms with Gasteiger partial charge in [0.2, 0.25) is 0 Å². The van der Waals surface area contributed by atoms with Crippen LogP contribution in [0.3, 0.4) is 0 Å². The lowest BCUT2D eigenvalue weighted by atomic mass is 9.93. The minimum atomic E-state index is -0.987. The molecule has 1 atom stereocenters. The molecule has 6 rings (SSSR count). The Bertz CT molecular complexity index is 1510. The van der Waals surface area contributed by atoms with Crippen molar-refractivity contribution in [1.29, 1.82) is 0 Å². The van der Waals surface area contributed by atoms with Gasteiger partial charge in [0.1, 0.15) is 17.6 Å². The largest absolute Gasteiger partial charge is 0.611 e. The van der Waals surface area contributed by atoms with Gasteiger partial charge in [-0.3, -0.25) is 9.36 Å². The lowest BCUT2D eigenvalue weighted by Gasteiger charge is -2.28. The second kappa shape index (κ2) is 9.83. The van der Waals surface area contributed by atoms with Crippen molar-refractivity contribution in [2.45, 2.75) is 69.4 Å². The second-order valence-corrected chi connectivity index (χ2v) is 11.5. The molecule has 4 aromatic rings. The monoisotopic (exact) mass is 515 g/mol. The van der Waals surface area contributed by atoms with Crippen molar-refractivity contribution in [2.75, 3.05) is 11.1 Å². The fourth-order valence-electron chi connectivity index (χ4n) is 4.77. The van der Waals surface area contributed by atoms with Gasteiger partial charge in [0, 0.05) is 18.5 Å². The molecule has 1 aromatic carbocycles. The third-order valence-corrected chi connectivity index (χ3v) is 8.56. The molecule has 2 fully saturated rings. The molecule has 0 aliphatic heterocycles. The first-order valence-electron chi connectivity index (χ1n) is 12.9. The molecule has 2 saturated carbocycles. The summed E-state index contributed by atoms with van der Waals surface area (Å²) in [5.41, 5.74) is 4.64. The summed E-state index contributed by atoms with van der Waals surface area (Å²) < 4.78 is 13.8. The van der Waals surface area contributed by atoms with Crippen LogP contribution in [0.15, 0.2) is 46.5 Å². The number of anilines is 1. The molecule has 2 aliphatic carbocycles. The normalized spacial score (nSPS) is 16.5. The van der Waals surface area contributed by atoms with E-state index in [9.17, 15) is 9.35 Å². The summed E-state index contributed by atoms with van der Waals surface area (Å²) in [5.74, 6) is 1.84. The summed E-state index contributed by atoms with van der Waals surface area (Å²) in [5, 5.41) is 3.22. The standard InChI is InChI=1S/C27H29N7O2S/c1-3-37(36)20-11-7-17(8-12-20)13-28-25-27(35)34(19-5-4-6-19)26-21(32-25)14-29-24(33-26)22-16(2)30-15-31-23(22)18-9-10-18/h7-8,11-12,14-15,18-19H,3-6,9-10,13H2,1-2H3,(H,28,32). The zero-order valence-corrected chi connectivity index (χ0v) is 21.8. The quantitative estimate of drug-likeness (QED) is 0.345. The number of rotatable bonds is 8. The summed E-state index contributed by atoms with van der Waals surface area (Å²) in [7, 11) is 0. The highest BCUT2D eigenvalue weighted by Crippen LogP contribution is 2.43. The minimum Gasteiger partial charge on any atom is -0.611 e. The van der Waals surface area contributed by atoms with Crippen LogP contribution in [-0.4, -0.2) is 39.8 Å². The summed E-state index contributed by atoms with van der Waals surface area (Å²) in [6, 6.07) is 7.70. The van der Waals surface area contributed by atoms with Gasteiger partial charge in [0.05, 0.1) is 23.1 Å². The number of hydrogen-bond acceptors (Lipinski definition) is 8. The Morgan fingerprint density at radius 2 is 1.86 bits per heavy atom. The van der Waals surface area contributed by atoms with E-state index in [0.717, 1.165) is 59.5 Å². The van der Waals surface area contributed by atoms with Crippen molar-refractivity contribution in [3.05, 3.63) is 64.1 Å². The Hall–Kier alpha value is -3.37. The van der Waals surface area contributed by atoms with Crippen molar-refractivity contribution < 1.29 is 4.55 Å². The van der Waals surface area contributed by atoms with Crippen LogP contribution in [0.2, 0.25) is 0 Å². The van der Waals surface area contributed by atoms with Crippen LogP contribution in [-0.2, 0) is 17.7 Å².